The Kier molecular flexibility index (Phi) is 6.65. The summed E-state index contributed by atoms with van der Waals surface area (Å²) in [5.74, 6) is 2.41. The van der Waals surface area contributed by atoms with Crippen LogP contribution in [0, 0.1) is 25.1 Å². The van der Waals surface area contributed by atoms with E-state index in [-0.39, 0.29) is 11.9 Å². The Balaban J connectivity index is 1.17. The van der Waals surface area contributed by atoms with Crippen molar-refractivity contribution < 1.29 is 9.18 Å². The highest BCUT2D eigenvalue weighted by Crippen LogP contribution is 2.46. The molecule has 0 aromatic carbocycles. The number of rotatable bonds is 6. The van der Waals surface area contributed by atoms with E-state index in [1.165, 1.54) is 10.9 Å². The minimum atomic E-state index is -0.414. The van der Waals surface area contributed by atoms with Gasteiger partial charge in [0, 0.05) is 36.3 Å². The van der Waals surface area contributed by atoms with Crippen LogP contribution in [0.1, 0.15) is 67.8 Å². The number of anilines is 2. The van der Waals surface area contributed by atoms with Crippen molar-refractivity contribution in [1.82, 2.24) is 39.8 Å². The molecular weight excluding hydrogens is 509 g/mol. The number of carbonyl (C=O) groups is 1. The molecule has 2 N–H and O–H groups in total. The molecule has 5 heterocycles. The van der Waals surface area contributed by atoms with E-state index in [0.29, 0.717) is 36.2 Å². The summed E-state index contributed by atoms with van der Waals surface area (Å²) in [6, 6.07) is 7.44. The Bertz CT molecular complexity index is 1570. The number of aromatic nitrogens is 7. The van der Waals surface area contributed by atoms with E-state index in [1.807, 2.05) is 43.9 Å². The fourth-order valence-electron chi connectivity index (χ4n) is 5.77. The van der Waals surface area contributed by atoms with Gasteiger partial charge in [-0.25, -0.2) is 24.0 Å². The van der Waals surface area contributed by atoms with E-state index in [4.69, 9.17) is 9.97 Å². The van der Waals surface area contributed by atoms with Crippen molar-refractivity contribution in [3.8, 4) is 5.82 Å². The monoisotopic (exact) mass is 541 g/mol. The van der Waals surface area contributed by atoms with E-state index in [2.05, 4.69) is 31.7 Å². The highest BCUT2D eigenvalue weighted by Gasteiger charge is 2.45. The van der Waals surface area contributed by atoms with E-state index in [9.17, 15) is 9.18 Å². The van der Waals surface area contributed by atoms with Gasteiger partial charge in [-0.2, -0.15) is 10.2 Å². The van der Waals surface area contributed by atoms with Crippen LogP contribution in [0.5, 0.6) is 0 Å². The maximum absolute atomic E-state index is 13.9. The van der Waals surface area contributed by atoms with Crippen molar-refractivity contribution in [1.29, 1.82) is 0 Å². The Morgan fingerprint density at radius 3 is 2.67 bits per heavy atom. The van der Waals surface area contributed by atoms with E-state index >= 15 is 0 Å². The largest absolute Gasteiger partial charge is 0.335 e. The van der Waals surface area contributed by atoms with Gasteiger partial charge in [-0.3, -0.25) is 9.89 Å². The number of piperidine rings is 1. The normalized spacial score (nSPS) is 20.1. The number of allylic oxidation sites excluding steroid dienone is 2. The minimum absolute atomic E-state index is 0.120. The summed E-state index contributed by atoms with van der Waals surface area (Å²) in [6.07, 6.45) is 10.4. The number of hydrogen-bond donors (Lipinski definition) is 2. The second kappa shape index (κ2) is 10.3. The van der Waals surface area contributed by atoms with E-state index < -0.39 is 11.2 Å². The smallest absolute Gasteiger partial charge is 0.229 e. The van der Waals surface area contributed by atoms with Gasteiger partial charge in [0.05, 0.1) is 23.9 Å². The molecule has 1 spiro atoms. The van der Waals surface area contributed by atoms with Crippen LogP contribution < -0.4 is 5.32 Å². The number of hydrogen-bond acceptors (Lipinski definition) is 7. The number of aryl methyl sites for hydroxylation is 2. The van der Waals surface area contributed by atoms with Crippen molar-refractivity contribution in [2.45, 2.75) is 58.9 Å². The lowest BCUT2D eigenvalue weighted by molar-refractivity contribution is -0.149. The molecule has 10 nitrogen and oxygen atoms in total. The van der Waals surface area contributed by atoms with Crippen LogP contribution in [0.25, 0.3) is 11.4 Å². The van der Waals surface area contributed by atoms with Crippen molar-refractivity contribution in [2.24, 2.45) is 5.41 Å². The Morgan fingerprint density at radius 1 is 1.12 bits per heavy atom. The Labute approximate surface area is 231 Å². The predicted molar refractivity (Wildman–Crippen MR) is 148 cm³/mol. The van der Waals surface area contributed by atoms with Crippen LogP contribution in [0.4, 0.5) is 16.0 Å². The fourth-order valence-corrected chi connectivity index (χ4v) is 5.77. The first-order chi connectivity index (χ1) is 19.3. The van der Waals surface area contributed by atoms with Gasteiger partial charge in [0.15, 0.2) is 23.3 Å². The van der Waals surface area contributed by atoms with Crippen LogP contribution >= 0.6 is 0 Å². The molecule has 2 atom stereocenters. The topological polar surface area (TPSA) is 118 Å². The summed E-state index contributed by atoms with van der Waals surface area (Å²) in [7, 11) is 0. The molecular formula is C29H32FN9O. The number of nitrogens with zero attached hydrogens (tertiary/aromatic N) is 7. The van der Waals surface area contributed by atoms with Gasteiger partial charge in [-0.1, -0.05) is 12.1 Å². The first kappa shape index (κ1) is 25.8. The van der Waals surface area contributed by atoms with Gasteiger partial charge in [-0.15, -0.1) is 0 Å². The molecule has 1 aliphatic carbocycles. The number of nitrogens with one attached hydrogen (secondary N) is 2. The van der Waals surface area contributed by atoms with Gasteiger partial charge in [0.1, 0.15) is 5.82 Å². The minimum Gasteiger partial charge on any atom is -0.335 e. The van der Waals surface area contributed by atoms with Crippen molar-refractivity contribution in [2.75, 3.05) is 11.9 Å². The Morgan fingerprint density at radius 2 is 2.00 bits per heavy atom. The number of likely N-dealkylation sites (tertiary alicyclic amines) is 1. The molecule has 206 valence electrons. The number of carbonyl (C=O) groups excluding carboxylic acids is 1. The second-order valence-electron chi connectivity index (χ2n) is 10.8. The SMILES string of the molecule is Cc1cc(Nc2cc(C)[nH]n2)nc(C2=CCC3(CCCN(C(C)c4ccc(-n5cc(F)cn5)nc4)C3=O)CC2)n1. The van der Waals surface area contributed by atoms with Gasteiger partial charge in [0.2, 0.25) is 5.91 Å². The lowest BCUT2D eigenvalue weighted by atomic mass is 9.69. The quantitative estimate of drug-likeness (QED) is 0.344. The molecule has 1 aliphatic heterocycles. The molecule has 40 heavy (non-hydrogen) atoms. The standard InChI is InChI=1S/C29H32FN9O/c1-18-13-24(34-25-14-19(2)36-37-25)35-27(33-18)21-7-10-29(11-8-21)9-4-12-38(28(29)40)20(3)22-5-6-26(31-15-22)39-17-23(30)16-32-39/h5-7,13-17,20H,4,8-12H2,1-3H3,(H2,33,34,35,36,37). The first-order valence-corrected chi connectivity index (χ1v) is 13.6. The van der Waals surface area contributed by atoms with Crippen LogP contribution in [-0.4, -0.2) is 52.3 Å². The van der Waals surface area contributed by atoms with Crippen LogP contribution in [0.2, 0.25) is 0 Å². The third-order valence-corrected chi connectivity index (χ3v) is 7.99. The van der Waals surface area contributed by atoms with E-state index in [1.54, 1.807) is 12.3 Å². The molecule has 1 saturated heterocycles. The molecule has 11 heteroatoms. The highest BCUT2D eigenvalue weighted by atomic mass is 19.1. The molecule has 0 radical (unpaired) electrons. The molecule has 0 saturated carbocycles. The zero-order valence-electron chi connectivity index (χ0n) is 22.9. The van der Waals surface area contributed by atoms with Crippen LogP contribution in [0.15, 0.2) is 48.9 Å². The van der Waals surface area contributed by atoms with Gasteiger partial charge in [-0.05, 0) is 70.1 Å². The lowest BCUT2D eigenvalue weighted by Crippen LogP contribution is -2.50. The van der Waals surface area contributed by atoms with Crippen molar-refractivity contribution >= 4 is 23.1 Å². The fraction of sp³-hybridized carbons (Fsp3) is 0.379. The molecule has 0 bridgehead atoms. The average Bonchev–Trinajstić information content (AvgIpc) is 3.57. The first-order valence-electron chi connectivity index (χ1n) is 13.6. The molecule has 1 fully saturated rings. The van der Waals surface area contributed by atoms with Gasteiger partial charge >= 0.3 is 0 Å². The number of halogens is 1. The molecule has 4 aromatic heterocycles. The number of aromatic amines is 1. The Hall–Kier alpha value is -4.41. The van der Waals surface area contributed by atoms with Gasteiger partial charge in [0.25, 0.3) is 0 Å². The highest BCUT2D eigenvalue weighted by molar-refractivity contribution is 5.85. The molecule has 6 rings (SSSR count). The molecule has 2 aliphatic rings. The predicted octanol–water partition coefficient (Wildman–Crippen LogP) is 5.22. The molecule has 1 amide bonds. The summed E-state index contributed by atoms with van der Waals surface area (Å²) in [4.78, 5) is 29.8. The third-order valence-electron chi connectivity index (χ3n) is 7.99. The van der Waals surface area contributed by atoms with E-state index in [0.717, 1.165) is 54.4 Å². The number of H-pyrrole nitrogens is 1. The number of amides is 1. The summed E-state index contributed by atoms with van der Waals surface area (Å²) >= 11 is 0. The average molecular weight is 542 g/mol. The van der Waals surface area contributed by atoms with Crippen molar-refractivity contribution in [3.63, 3.8) is 0 Å². The van der Waals surface area contributed by atoms with Gasteiger partial charge < -0.3 is 10.2 Å². The zero-order chi connectivity index (χ0) is 27.9. The van der Waals surface area contributed by atoms with Crippen molar-refractivity contribution in [3.05, 3.63) is 77.5 Å². The number of pyridine rings is 1. The molecule has 4 aromatic rings. The lowest BCUT2D eigenvalue weighted by Gasteiger charge is -2.45. The van der Waals surface area contributed by atoms with Crippen LogP contribution in [-0.2, 0) is 4.79 Å². The molecule has 2 unspecified atom stereocenters. The summed E-state index contributed by atoms with van der Waals surface area (Å²) < 4.78 is 14.7. The summed E-state index contributed by atoms with van der Waals surface area (Å²) in [5, 5.41) is 14.4. The maximum Gasteiger partial charge on any atom is 0.229 e. The second-order valence-corrected chi connectivity index (χ2v) is 10.8. The maximum atomic E-state index is 13.9. The summed E-state index contributed by atoms with van der Waals surface area (Å²) in [6.45, 7) is 6.66. The third kappa shape index (κ3) is 4.99. The summed E-state index contributed by atoms with van der Waals surface area (Å²) in [5.41, 5.74) is 3.44. The zero-order valence-corrected chi connectivity index (χ0v) is 22.9. The van der Waals surface area contributed by atoms with Crippen LogP contribution in [0.3, 0.4) is 0 Å².